The van der Waals surface area contributed by atoms with Crippen molar-refractivity contribution in [2.75, 3.05) is 25.0 Å². The van der Waals surface area contributed by atoms with Gasteiger partial charge in [0.15, 0.2) is 0 Å². The number of nitro groups is 1. The van der Waals surface area contributed by atoms with E-state index in [0.717, 1.165) is 0 Å². The molecule has 1 heterocycles. The summed E-state index contributed by atoms with van der Waals surface area (Å²) in [7, 11) is 0. The average molecular weight is 321 g/mol. The molecular formula is C15H19N3O5. The third-order valence-corrected chi connectivity index (χ3v) is 3.88. The first-order valence-corrected chi connectivity index (χ1v) is 7.47. The lowest BCUT2D eigenvalue weighted by atomic mass is 9.98. The Balaban J connectivity index is 1.85. The molecule has 1 saturated heterocycles. The van der Waals surface area contributed by atoms with Crippen molar-refractivity contribution < 1.29 is 19.6 Å². The van der Waals surface area contributed by atoms with Gasteiger partial charge < -0.3 is 15.3 Å². The molecule has 0 bridgehead atoms. The van der Waals surface area contributed by atoms with Crippen LogP contribution in [0.3, 0.4) is 0 Å². The number of carboxylic acid groups (broad SMARTS) is 1. The van der Waals surface area contributed by atoms with E-state index in [1.54, 1.807) is 23.1 Å². The molecule has 1 unspecified atom stereocenters. The van der Waals surface area contributed by atoms with Gasteiger partial charge in [-0.25, -0.2) is 0 Å². The van der Waals surface area contributed by atoms with Gasteiger partial charge in [0.05, 0.1) is 10.8 Å². The lowest BCUT2D eigenvalue weighted by Crippen LogP contribution is -2.42. The normalized spacial score (nSPS) is 17.6. The van der Waals surface area contributed by atoms with E-state index in [1.165, 1.54) is 6.07 Å². The van der Waals surface area contributed by atoms with E-state index >= 15 is 0 Å². The number of rotatable bonds is 6. The zero-order chi connectivity index (χ0) is 16.8. The molecule has 2 N–H and O–H groups in total. The Hall–Kier alpha value is -2.64. The van der Waals surface area contributed by atoms with E-state index in [4.69, 9.17) is 5.11 Å². The molecule has 0 aliphatic carbocycles. The molecule has 0 aromatic heterocycles. The summed E-state index contributed by atoms with van der Waals surface area (Å²) in [4.78, 5) is 35.1. The van der Waals surface area contributed by atoms with Crippen molar-refractivity contribution in [2.45, 2.75) is 19.3 Å². The van der Waals surface area contributed by atoms with Crippen LogP contribution in [0.15, 0.2) is 24.3 Å². The number of benzene rings is 1. The number of nitrogens with one attached hydrogen (secondary N) is 1. The second kappa shape index (κ2) is 7.57. The van der Waals surface area contributed by atoms with Gasteiger partial charge in [-0.05, 0) is 18.9 Å². The van der Waals surface area contributed by atoms with Crippen molar-refractivity contribution in [3.05, 3.63) is 34.4 Å². The van der Waals surface area contributed by atoms with Crippen LogP contribution in [-0.4, -0.2) is 46.4 Å². The molecule has 8 nitrogen and oxygen atoms in total. The minimum atomic E-state index is -0.875. The summed E-state index contributed by atoms with van der Waals surface area (Å²) < 4.78 is 0. The van der Waals surface area contributed by atoms with Crippen molar-refractivity contribution in [1.29, 1.82) is 0 Å². The molecule has 0 spiro atoms. The van der Waals surface area contributed by atoms with Gasteiger partial charge >= 0.3 is 5.97 Å². The molecule has 8 heteroatoms. The Morgan fingerprint density at radius 1 is 1.39 bits per heavy atom. The first-order chi connectivity index (χ1) is 11.0. The highest BCUT2D eigenvalue weighted by molar-refractivity contribution is 5.78. The molecule has 124 valence electrons. The van der Waals surface area contributed by atoms with Crippen LogP contribution in [0.1, 0.15) is 19.3 Å². The van der Waals surface area contributed by atoms with Gasteiger partial charge in [0.2, 0.25) is 5.91 Å². The molecule has 1 aliphatic rings. The average Bonchev–Trinajstić information content (AvgIpc) is 2.55. The summed E-state index contributed by atoms with van der Waals surface area (Å²) in [5, 5.41) is 22.8. The first-order valence-electron chi connectivity index (χ1n) is 7.47. The third-order valence-electron chi connectivity index (χ3n) is 3.88. The smallest absolute Gasteiger partial charge is 0.308 e. The number of nitro benzene ring substituents is 1. The minimum Gasteiger partial charge on any atom is -0.481 e. The van der Waals surface area contributed by atoms with Crippen LogP contribution in [0.25, 0.3) is 0 Å². The molecule has 2 rings (SSSR count). The lowest BCUT2D eigenvalue weighted by molar-refractivity contribution is -0.384. The predicted octanol–water partition coefficient (Wildman–Crippen LogP) is 1.72. The van der Waals surface area contributed by atoms with Crippen molar-refractivity contribution in [3.8, 4) is 0 Å². The second-order valence-corrected chi connectivity index (χ2v) is 5.47. The quantitative estimate of drug-likeness (QED) is 0.609. The van der Waals surface area contributed by atoms with Gasteiger partial charge in [0.1, 0.15) is 5.69 Å². The second-order valence-electron chi connectivity index (χ2n) is 5.47. The number of piperidine rings is 1. The number of para-hydroxylation sites is 2. The number of hydrogen-bond donors (Lipinski definition) is 2. The van der Waals surface area contributed by atoms with E-state index in [9.17, 15) is 19.7 Å². The van der Waals surface area contributed by atoms with Crippen LogP contribution in [0.4, 0.5) is 11.4 Å². The van der Waals surface area contributed by atoms with Crippen molar-refractivity contribution in [3.63, 3.8) is 0 Å². The van der Waals surface area contributed by atoms with Crippen LogP contribution in [0, 0.1) is 16.0 Å². The number of carbonyl (C=O) groups is 2. The van der Waals surface area contributed by atoms with Crippen LogP contribution >= 0.6 is 0 Å². The van der Waals surface area contributed by atoms with Gasteiger partial charge in [-0.1, -0.05) is 12.1 Å². The fourth-order valence-electron chi connectivity index (χ4n) is 2.65. The van der Waals surface area contributed by atoms with E-state index < -0.39 is 16.8 Å². The molecule has 1 atom stereocenters. The molecule has 0 radical (unpaired) electrons. The van der Waals surface area contributed by atoms with E-state index in [1.807, 2.05) is 0 Å². The zero-order valence-electron chi connectivity index (χ0n) is 12.6. The Labute approximate surface area is 133 Å². The highest BCUT2D eigenvalue weighted by Gasteiger charge is 2.27. The van der Waals surface area contributed by atoms with Crippen LogP contribution in [0.5, 0.6) is 0 Å². The summed E-state index contributed by atoms with van der Waals surface area (Å²) in [5.74, 6) is -1.52. The number of carbonyl (C=O) groups excluding carboxylic acids is 1. The van der Waals surface area contributed by atoms with Crippen molar-refractivity contribution >= 4 is 23.3 Å². The molecule has 1 aromatic rings. The highest BCUT2D eigenvalue weighted by atomic mass is 16.6. The first kappa shape index (κ1) is 16.7. The number of likely N-dealkylation sites (tertiary alicyclic amines) is 1. The molecule has 1 fully saturated rings. The lowest BCUT2D eigenvalue weighted by Gasteiger charge is -2.30. The van der Waals surface area contributed by atoms with Crippen LogP contribution in [-0.2, 0) is 9.59 Å². The molecule has 1 aliphatic heterocycles. The minimum absolute atomic E-state index is 0.0381. The number of anilines is 1. The number of nitrogens with zero attached hydrogens (tertiary/aromatic N) is 2. The molecular weight excluding hydrogens is 302 g/mol. The van der Waals surface area contributed by atoms with E-state index in [0.29, 0.717) is 25.1 Å². The third kappa shape index (κ3) is 4.41. The Morgan fingerprint density at radius 2 is 2.13 bits per heavy atom. The number of amides is 1. The maximum Gasteiger partial charge on any atom is 0.308 e. The summed E-state index contributed by atoms with van der Waals surface area (Å²) in [5.41, 5.74) is 0.330. The van der Waals surface area contributed by atoms with Gasteiger partial charge in [-0.2, -0.15) is 0 Å². The summed E-state index contributed by atoms with van der Waals surface area (Å²) >= 11 is 0. The molecule has 1 amide bonds. The van der Waals surface area contributed by atoms with E-state index in [2.05, 4.69) is 5.32 Å². The van der Waals surface area contributed by atoms with Gasteiger partial charge in [0, 0.05) is 32.1 Å². The van der Waals surface area contributed by atoms with Crippen molar-refractivity contribution in [2.24, 2.45) is 5.92 Å². The van der Waals surface area contributed by atoms with Gasteiger partial charge in [0.25, 0.3) is 5.69 Å². The van der Waals surface area contributed by atoms with E-state index in [-0.39, 0.29) is 31.1 Å². The number of carboxylic acids is 1. The molecule has 23 heavy (non-hydrogen) atoms. The molecule has 0 saturated carbocycles. The van der Waals surface area contributed by atoms with Crippen LogP contribution < -0.4 is 5.32 Å². The summed E-state index contributed by atoms with van der Waals surface area (Å²) in [6.45, 7) is 1.06. The van der Waals surface area contributed by atoms with Crippen molar-refractivity contribution in [1.82, 2.24) is 4.90 Å². The maximum absolute atomic E-state index is 12.1. The van der Waals surface area contributed by atoms with Crippen LogP contribution in [0.2, 0.25) is 0 Å². The Bertz CT molecular complexity index is 605. The summed E-state index contributed by atoms with van der Waals surface area (Å²) in [6, 6.07) is 6.24. The van der Waals surface area contributed by atoms with Gasteiger partial charge in [-0.3, -0.25) is 19.7 Å². The number of hydrogen-bond acceptors (Lipinski definition) is 5. The van der Waals surface area contributed by atoms with Gasteiger partial charge in [-0.15, -0.1) is 0 Å². The highest BCUT2D eigenvalue weighted by Crippen LogP contribution is 2.23. The standard InChI is InChI=1S/C15H19N3O5/c19-14(17-9-3-4-11(10-17)15(20)21)7-8-16-12-5-1-2-6-13(12)18(22)23/h1-2,5-6,11,16H,3-4,7-10H2,(H,20,21). The fourth-order valence-corrected chi connectivity index (χ4v) is 2.65. The predicted molar refractivity (Wildman–Crippen MR) is 83.1 cm³/mol. The summed E-state index contributed by atoms with van der Waals surface area (Å²) in [6.07, 6.45) is 1.44. The Kier molecular flexibility index (Phi) is 5.51. The largest absolute Gasteiger partial charge is 0.481 e. The Morgan fingerprint density at radius 3 is 2.83 bits per heavy atom. The maximum atomic E-state index is 12.1. The topological polar surface area (TPSA) is 113 Å². The fraction of sp³-hybridized carbons (Fsp3) is 0.467. The monoisotopic (exact) mass is 321 g/mol. The zero-order valence-corrected chi connectivity index (χ0v) is 12.6. The SMILES string of the molecule is O=C(O)C1CCCN(C(=O)CCNc2ccccc2[N+](=O)[O-])C1. The number of aliphatic carboxylic acids is 1. The molecule has 1 aromatic carbocycles.